The highest BCUT2D eigenvalue weighted by molar-refractivity contribution is 9.09. The number of carbonyl (C=O) groups excluding carboxylic acids is 1. The lowest BCUT2D eigenvalue weighted by molar-refractivity contribution is -0.153. The Kier molecular flexibility index (Phi) is 4.04. The van der Waals surface area contributed by atoms with Gasteiger partial charge >= 0.3 is 11.9 Å². The van der Waals surface area contributed by atoms with Crippen molar-refractivity contribution in [3.63, 3.8) is 0 Å². The van der Waals surface area contributed by atoms with Gasteiger partial charge in [0.15, 0.2) is 6.61 Å². The van der Waals surface area contributed by atoms with Crippen molar-refractivity contribution < 1.29 is 19.4 Å². The molecule has 0 saturated carbocycles. The van der Waals surface area contributed by atoms with Crippen LogP contribution in [0.2, 0.25) is 0 Å². The monoisotopic (exact) mass is 196 g/mol. The van der Waals surface area contributed by atoms with Crippen molar-refractivity contribution >= 4 is 27.9 Å². The van der Waals surface area contributed by atoms with Gasteiger partial charge in [0.2, 0.25) is 0 Å². The molecule has 0 aromatic heterocycles. The van der Waals surface area contributed by atoms with Crippen molar-refractivity contribution in [3.8, 4) is 0 Å². The SMILES string of the molecule is O=C(O)COC(=O)CBr. The molecule has 0 amide bonds. The topological polar surface area (TPSA) is 63.6 Å². The van der Waals surface area contributed by atoms with Crippen LogP contribution in [0.4, 0.5) is 0 Å². The fraction of sp³-hybridized carbons (Fsp3) is 0.500. The standard InChI is InChI=1S/C4H5BrO4/c5-1-4(8)9-2-3(6)7/h1-2H2,(H,6,7). The van der Waals surface area contributed by atoms with Crippen molar-refractivity contribution in [3.05, 3.63) is 0 Å². The fourth-order valence-electron chi connectivity index (χ4n) is 0.181. The maximum Gasteiger partial charge on any atom is 0.341 e. The van der Waals surface area contributed by atoms with Crippen molar-refractivity contribution in [2.75, 3.05) is 11.9 Å². The van der Waals surface area contributed by atoms with Crippen LogP contribution in [-0.4, -0.2) is 29.0 Å². The summed E-state index contributed by atoms with van der Waals surface area (Å²) in [5, 5.41) is 7.99. The molecule has 0 bridgehead atoms. The molecule has 0 aromatic rings. The number of rotatable bonds is 3. The lowest BCUT2D eigenvalue weighted by atomic mass is 10.7. The second-order valence-corrected chi connectivity index (χ2v) is 1.75. The van der Waals surface area contributed by atoms with Gasteiger partial charge in [-0.1, -0.05) is 15.9 Å². The normalized spacial score (nSPS) is 8.56. The van der Waals surface area contributed by atoms with E-state index < -0.39 is 18.5 Å². The third kappa shape index (κ3) is 5.29. The second-order valence-electron chi connectivity index (χ2n) is 1.19. The Balaban J connectivity index is 3.28. The quantitative estimate of drug-likeness (QED) is 0.511. The first-order chi connectivity index (χ1) is 4.16. The third-order valence-corrected chi connectivity index (χ3v) is 0.924. The number of carbonyl (C=O) groups is 2. The first-order valence-electron chi connectivity index (χ1n) is 2.10. The summed E-state index contributed by atoms with van der Waals surface area (Å²) < 4.78 is 4.17. The van der Waals surface area contributed by atoms with Crippen LogP contribution in [0.15, 0.2) is 0 Å². The zero-order valence-electron chi connectivity index (χ0n) is 4.46. The predicted molar refractivity (Wildman–Crippen MR) is 32.4 cm³/mol. The Labute approximate surface area is 59.9 Å². The summed E-state index contributed by atoms with van der Waals surface area (Å²) in [5.41, 5.74) is 0. The van der Waals surface area contributed by atoms with Gasteiger partial charge < -0.3 is 9.84 Å². The Hall–Kier alpha value is -0.580. The lowest BCUT2D eigenvalue weighted by Gasteiger charge is -1.95. The van der Waals surface area contributed by atoms with Gasteiger partial charge in [-0.15, -0.1) is 0 Å². The third-order valence-electron chi connectivity index (χ3n) is 0.466. The van der Waals surface area contributed by atoms with E-state index in [9.17, 15) is 9.59 Å². The van der Waals surface area contributed by atoms with E-state index in [1.807, 2.05) is 0 Å². The van der Waals surface area contributed by atoms with Gasteiger partial charge in [-0.25, -0.2) is 4.79 Å². The molecule has 52 valence electrons. The minimum absolute atomic E-state index is 0.0281. The summed E-state index contributed by atoms with van der Waals surface area (Å²) in [6.45, 7) is -0.565. The van der Waals surface area contributed by atoms with Gasteiger partial charge in [0.25, 0.3) is 0 Å². The molecule has 0 heterocycles. The van der Waals surface area contributed by atoms with E-state index in [0.717, 1.165) is 0 Å². The van der Waals surface area contributed by atoms with Crippen LogP contribution in [0.3, 0.4) is 0 Å². The zero-order chi connectivity index (χ0) is 7.28. The maximum absolute atomic E-state index is 10.2. The van der Waals surface area contributed by atoms with Crippen LogP contribution in [0.25, 0.3) is 0 Å². The van der Waals surface area contributed by atoms with Gasteiger partial charge in [0.1, 0.15) is 5.33 Å². The molecule has 0 aliphatic heterocycles. The number of carboxylic acids is 1. The minimum atomic E-state index is -1.15. The maximum atomic E-state index is 10.2. The Morgan fingerprint density at radius 3 is 2.44 bits per heavy atom. The van der Waals surface area contributed by atoms with Crippen LogP contribution in [0.5, 0.6) is 0 Å². The van der Waals surface area contributed by atoms with Crippen LogP contribution in [0.1, 0.15) is 0 Å². The molecule has 0 radical (unpaired) electrons. The molecule has 0 saturated heterocycles. The fourth-order valence-corrected chi connectivity index (χ4v) is 0.343. The van der Waals surface area contributed by atoms with Crippen molar-refractivity contribution in [2.45, 2.75) is 0 Å². The first-order valence-corrected chi connectivity index (χ1v) is 3.22. The van der Waals surface area contributed by atoms with Gasteiger partial charge in [0.05, 0.1) is 0 Å². The number of hydrogen-bond acceptors (Lipinski definition) is 3. The summed E-state index contributed by atoms with van der Waals surface area (Å²) >= 11 is 2.80. The Bertz CT molecular complexity index is 122. The Morgan fingerprint density at radius 1 is 1.56 bits per heavy atom. The van der Waals surface area contributed by atoms with E-state index in [0.29, 0.717) is 0 Å². The molecule has 0 atom stereocenters. The average Bonchev–Trinajstić information content (AvgIpc) is 1.83. The number of aliphatic carboxylic acids is 1. The molecule has 0 unspecified atom stereocenters. The second kappa shape index (κ2) is 4.31. The van der Waals surface area contributed by atoms with E-state index in [1.165, 1.54) is 0 Å². The summed E-state index contributed by atoms with van der Waals surface area (Å²) in [6.07, 6.45) is 0. The number of halogens is 1. The molecule has 0 aliphatic carbocycles. The molecule has 0 aromatic carbocycles. The molecule has 1 N–H and O–H groups in total. The number of carboxylic acid groups (broad SMARTS) is 1. The largest absolute Gasteiger partial charge is 0.479 e. The van der Waals surface area contributed by atoms with Crippen molar-refractivity contribution in [1.29, 1.82) is 0 Å². The summed E-state index contributed by atoms with van der Waals surface area (Å²) in [7, 11) is 0. The smallest absolute Gasteiger partial charge is 0.341 e. The van der Waals surface area contributed by atoms with Crippen LogP contribution in [-0.2, 0) is 14.3 Å². The number of alkyl halides is 1. The summed E-state index contributed by atoms with van der Waals surface area (Å²) in [4.78, 5) is 19.9. The van der Waals surface area contributed by atoms with Crippen LogP contribution in [0, 0.1) is 0 Å². The molecule has 9 heavy (non-hydrogen) atoms. The highest BCUT2D eigenvalue weighted by Gasteiger charge is 2.01. The number of ether oxygens (including phenoxy) is 1. The summed E-state index contributed by atoms with van der Waals surface area (Å²) in [5.74, 6) is -1.72. The minimum Gasteiger partial charge on any atom is -0.479 e. The van der Waals surface area contributed by atoms with E-state index in [2.05, 4.69) is 20.7 Å². The van der Waals surface area contributed by atoms with Crippen molar-refractivity contribution in [1.82, 2.24) is 0 Å². The van der Waals surface area contributed by atoms with Gasteiger partial charge in [-0.05, 0) is 0 Å². The molecule has 5 heteroatoms. The molecule has 0 fully saturated rings. The van der Waals surface area contributed by atoms with E-state index >= 15 is 0 Å². The number of esters is 1. The first kappa shape index (κ1) is 8.42. The molecule has 0 rings (SSSR count). The van der Waals surface area contributed by atoms with Gasteiger partial charge in [0, 0.05) is 0 Å². The zero-order valence-corrected chi connectivity index (χ0v) is 6.05. The highest BCUT2D eigenvalue weighted by atomic mass is 79.9. The summed E-state index contributed by atoms with van der Waals surface area (Å²) in [6, 6.07) is 0. The van der Waals surface area contributed by atoms with Crippen molar-refractivity contribution in [2.24, 2.45) is 0 Å². The molecular weight excluding hydrogens is 192 g/mol. The van der Waals surface area contributed by atoms with E-state index in [1.54, 1.807) is 0 Å². The average molecular weight is 197 g/mol. The lowest BCUT2D eigenvalue weighted by Crippen LogP contribution is -2.13. The van der Waals surface area contributed by atoms with E-state index in [-0.39, 0.29) is 5.33 Å². The number of hydrogen-bond donors (Lipinski definition) is 1. The predicted octanol–water partition coefficient (Wildman–Crippen LogP) is 0.00910. The van der Waals surface area contributed by atoms with Gasteiger partial charge in [-0.3, -0.25) is 4.79 Å². The molecule has 0 aliphatic rings. The van der Waals surface area contributed by atoms with Crippen LogP contribution >= 0.6 is 15.9 Å². The highest BCUT2D eigenvalue weighted by Crippen LogP contribution is 1.84. The van der Waals surface area contributed by atoms with Gasteiger partial charge in [-0.2, -0.15) is 0 Å². The molecule has 4 nitrogen and oxygen atoms in total. The molecular formula is C4H5BrO4. The van der Waals surface area contributed by atoms with Crippen LogP contribution < -0.4 is 0 Å². The van der Waals surface area contributed by atoms with E-state index in [4.69, 9.17) is 5.11 Å². The molecule has 0 spiro atoms. The Morgan fingerprint density at radius 2 is 2.11 bits per heavy atom.